The van der Waals surface area contributed by atoms with Crippen LogP contribution < -0.4 is 15.4 Å². The van der Waals surface area contributed by atoms with Gasteiger partial charge < -0.3 is 10.6 Å². The smallest absolute Gasteiger partial charge is 0.240 e. The van der Waals surface area contributed by atoms with Gasteiger partial charge in [-0.3, -0.25) is 4.79 Å². The molecule has 0 radical (unpaired) electrons. The molecule has 0 saturated heterocycles. The molecule has 0 aromatic heterocycles. The number of hydrogen-bond acceptors (Lipinski definition) is 4. The highest BCUT2D eigenvalue weighted by molar-refractivity contribution is 7.89. The second-order valence-electron chi connectivity index (χ2n) is 4.77. The van der Waals surface area contributed by atoms with E-state index in [1.165, 1.54) is 13.0 Å². The summed E-state index contributed by atoms with van der Waals surface area (Å²) in [5.41, 5.74) is 1.12. The molecule has 1 rings (SSSR count). The molecule has 7 heteroatoms. The van der Waals surface area contributed by atoms with E-state index in [4.69, 9.17) is 0 Å². The van der Waals surface area contributed by atoms with Crippen molar-refractivity contribution < 1.29 is 13.2 Å². The highest BCUT2D eigenvalue weighted by atomic mass is 32.2. The number of benzene rings is 1. The second-order valence-corrected chi connectivity index (χ2v) is 6.50. The molecule has 0 aliphatic carbocycles. The Morgan fingerprint density at radius 2 is 1.95 bits per heavy atom. The molecule has 6 nitrogen and oxygen atoms in total. The van der Waals surface area contributed by atoms with Crippen LogP contribution in [0.25, 0.3) is 0 Å². The van der Waals surface area contributed by atoms with Crippen molar-refractivity contribution in [3.63, 3.8) is 0 Å². The zero-order chi connectivity index (χ0) is 15.9. The predicted octanol–water partition coefficient (Wildman–Crippen LogP) is 1.23. The maximum atomic E-state index is 12.3. The van der Waals surface area contributed by atoms with Gasteiger partial charge in [-0.1, -0.05) is 13.0 Å². The van der Waals surface area contributed by atoms with Crippen molar-refractivity contribution in [3.05, 3.63) is 23.8 Å². The fraction of sp³-hybridized carbons (Fsp3) is 0.500. The minimum absolute atomic E-state index is 0.192. The number of aryl methyl sites for hydroxylation is 1. The zero-order valence-electron chi connectivity index (χ0n) is 12.7. The van der Waals surface area contributed by atoms with Crippen molar-refractivity contribution >= 4 is 21.6 Å². The number of carbonyl (C=O) groups excluding carboxylic acids is 1. The summed E-state index contributed by atoms with van der Waals surface area (Å²) >= 11 is 0. The maximum Gasteiger partial charge on any atom is 0.240 e. The average Bonchev–Trinajstić information content (AvgIpc) is 2.40. The molecule has 0 atom stereocenters. The van der Waals surface area contributed by atoms with Crippen LogP contribution in [0.1, 0.15) is 25.8 Å². The first-order valence-corrected chi connectivity index (χ1v) is 8.43. The van der Waals surface area contributed by atoms with Gasteiger partial charge in [0, 0.05) is 19.2 Å². The van der Waals surface area contributed by atoms with E-state index < -0.39 is 10.0 Å². The summed E-state index contributed by atoms with van der Waals surface area (Å²) in [5, 5.41) is 5.72. The Labute approximate surface area is 126 Å². The number of nitrogens with one attached hydrogen (secondary N) is 3. The summed E-state index contributed by atoms with van der Waals surface area (Å²) in [6.07, 6.45) is 0.720. The normalized spacial score (nSPS) is 11.4. The van der Waals surface area contributed by atoms with Crippen LogP contribution in [0.3, 0.4) is 0 Å². The van der Waals surface area contributed by atoms with Crippen LogP contribution in [0.15, 0.2) is 23.1 Å². The lowest BCUT2D eigenvalue weighted by Gasteiger charge is -2.11. The number of anilines is 1. The van der Waals surface area contributed by atoms with Gasteiger partial charge in [-0.15, -0.1) is 0 Å². The van der Waals surface area contributed by atoms with E-state index in [0.717, 1.165) is 19.5 Å². The fourth-order valence-corrected chi connectivity index (χ4v) is 3.19. The lowest BCUT2D eigenvalue weighted by atomic mass is 10.2. The van der Waals surface area contributed by atoms with Crippen molar-refractivity contribution in [1.82, 2.24) is 10.0 Å². The lowest BCUT2D eigenvalue weighted by Crippen LogP contribution is -2.28. The van der Waals surface area contributed by atoms with Gasteiger partial charge in [-0.25, -0.2) is 13.1 Å². The van der Waals surface area contributed by atoms with Gasteiger partial charge in [0.05, 0.1) is 4.90 Å². The summed E-state index contributed by atoms with van der Waals surface area (Å²) in [4.78, 5) is 11.2. The Balaban J connectivity index is 2.79. The van der Waals surface area contributed by atoms with Crippen LogP contribution in [0.2, 0.25) is 0 Å². The Morgan fingerprint density at radius 1 is 1.24 bits per heavy atom. The molecule has 0 aliphatic heterocycles. The summed E-state index contributed by atoms with van der Waals surface area (Å²) in [5.74, 6) is -0.235. The Kier molecular flexibility index (Phi) is 6.80. The molecule has 1 aromatic carbocycles. The van der Waals surface area contributed by atoms with E-state index in [1.54, 1.807) is 19.1 Å². The molecule has 21 heavy (non-hydrogen) atoms. The van der Waals surface area contributed by atoms with Gasteiger partial charge in [-0.05, 0) is 44.1 Å². The summed E-state index contributed by atoms with van der Waals surface area (Å²) in [6.45, 7) is 7.12. The minimum Gasteiger partial charge on any atom is -0.326 e. The second kappa shape index (κ2) is 8.11. The Bertz CT molecular complexity index is 585. The van der Waals surface area contributed by atoms with E-state index in [0.29, 0.717) is 17.8 Å². The van der Waals surface area contributed by atoms with Gasteiger partial charge in [0.2, 0.25) is 15.9 Å². The zero-order valence-corrected chi connectivity index (χ0v) is 13.5. The minimum atomic E-state index is -3.57. The van der Waals surface area contributed by atoms with Crippen LogP contribution >= 0.6 is 0 Å². The predicted molar refractivity (Wildman–Crippen MR) is 83.8 cm³/mol. The quantitative estimate of drug-likeness (QED) is 0.630. The lowest BCUT2D eigenvalue weighted by molar-refractivity contribution is -0.114. The first-order chi connectivity index (χ1) is 9.86. The standard InChI is InChI=1S/C14H23N3O3S/c1-4-15-8-5-9-16-21(19,20)14-10-13(17-12(3)18)7-6-11(14)2/h6-7,10,15-16H,4-5,8-9H2,1-3H3,(H,17,18). The summed E-state index contributed by atoms with van der Waals surface area (Å²) in [6, 6.07) is 4.84. The highest BCUT2D eigenvalue weighted by Crippen LogP contribution is 2.20. The number of hydrogen-bond donors (Lipinski definition) is 3. The Hall–Kier alpha value is -1.44. The Morgan fingerprint density at radius 3 is 2.57 bits per heavy atom. The van der Waals surface area contributed by atoms with Gasteiger partial charge in [-0.2, -0.15) is 0 Å². The average molecular weight is 313 g/mol. The topological polar surface area (TPSA) is 87.3 Å². The third kappa shape index (κ3) is 5.82. The van der Waals surface area contributed by atoms with Crippen LogP contribution in [0, 0.1) is 6.92 Å². The van der Waals surface area contributed by atoms with Gasteiger partial charge in [0.1, 0.15) is 0 Å². The third-order valence-corrected chi connectivity index (χ3v) is 4.47. The van der Waals surface area contributed by atoms with Crippen LogP contribution in [0.5, 0.6) is 0 Å². The van der Waals surface area contributed by atoms with Crippen LogP contribution in [-0.4, -0.2) is 34.0 Å². The van der Waals surface area contributed by atoms with E-state index in [2.05, 4.69) is 15.4 Å². The molecular weight excluding hydrogens is 290 g/mol. The molecular formula is C14H23N3O3S. The molecule has 3 N–H and O–H groups in total. The summed E-state index contributed by atoms with van der Waals surface area (Å²) < 4.78 is 27.1. The highest BCUT2D eigenvalue weighted by Gasteiger charge is 2.17. The molecule has 0 spiro atoms. The van der Waals surface area contributed by atoms with Crippen LogP contribution in [-0.2, 0) is 14.8 Å². The van der Waals surface area contributed by atoms with Crippen molar-refractivity contribution in [2.24, 2.45) is 0 Å². The van der Waals surface area contributed by atoms with Gasteiger partial charge in [0.15, 0.2) is 0 Å². The van der Waals surface area contributed by atoms with E-state index in [1.807, 2.05) is 6.92 Å². The number of sulfonamides is 1. The molecule has 0 unspecified atom stereocenters. The summed E-state index contributed by atoms with van der Waals surface area (Å²) in [7, 11) is -3.57. The number of carbonyl (C=O) groups is 1. The van der Waals surface area contributed by atoms with Crippen molar-refractivity contribution in [1.29, 1.82) is 0 Å². The van der Waals surface area contributed by atoms with Gasteiger partial charge in [0.25, 0.3) is 0 Å². The fourth-order valence-electron chi connectivity index (χ4n) is 1.85. The maximum absolute atomic E-state index is 12.3. The van der Waals surface area contributed by atoms with Gasteiger partial charge >= 0.3 is 0 Å². The SMILES string of the molecule is CCNCCCNS(=O)(=O)c1cc(NC(C)=O)ccc1C. The first-order valence-electron chi connectivity index (χ1n) is 6.95. The van der Waals surface area contributed by atoms with Crippen molar-refractivity contribution in [3.8, 4) is 0 Å². The molecule has 0 aliphatic rings. The van der Waals surface area contributed by atoms with E-state index >= 15 is 0 Å². The van der Waals surface area contributed by atoms with E-state index in [-0.39, 0.29) is 10.8 Å². The molecule has 0 bridgehead atoms. The molecule has 1 aromatic rings. The van der Waals surface area contributed by atoms with E-state index in [9.17, 15) is 13.2 Å². The first kappa shape index (κ1) is 17.6. The third-order valence-electron chi connectivity index (χ3n) is 2.87. The number of amides is 1. The van der Waals surface area contributed by atoms with Crippen molar-refractivity contribution in [2.45, 2.75) is 32.1 Å². The molecule has 0 fully saturated rings. The van der Waals surface area contributed by atoms with Crippen LogP contribution in [0.4, 0.5) is 5.69 Å². The monoisotopic (exact) mass is 313 g/mol. The molecule has 118 valence electrons. The largest absolute Gasteiger partial charge is 0.326 e. The molecule has 0 saturated carbocycles. The molecule has 1 amide bonds. The molecule has 0 heterocycles. The number of rotatable bonds is 8. The van der Waals surface area contributed by atoms with Crippen molar-refractivity contribution in [2.75, 3.05) is 25.0 Å².